The van der Waals surface area contributed by atoms with Crippen LogP contribution in [0.5, 0.6) is 0 Å². The smallest absolute Gasteiger partial charge is 0.267 e. The summed E-state index contributed by atoms with van der Waals surface area (Å²) in [5.74, 6) is -0.904. The van der Waals surface area contributed by atoms with Crippen molar-refractivity contribution in [3.8, 4) is 0 Å². The zero-order valence-electron chi connectivity index (χ0n) is 14.4. The van der Waals surface area contributed by atoms with Crippen LogP contribution in [0.4, 0.5) is 5.69 Å². The van der Waals surface area contributed by atoms with E-state index in [-0.39, 0.29) is 5.91 Å². The monoisotopic (exact) mass is 362 g/mol. The molecule has 3 rings (SSSR count). The Hall–Kier alpha value is -3.71. The third kappa shape index (κ3) is 4.90. The van der Waals surface area contributed by atoms with Gasteiger partial charge in [0.25, 0.3) is 11.8 Å². The van der Waals surface area contributed by atoms with Crippen molar-refractivity contribution in [2.24, 2.45) is 0 Å². The normalized spacial score (nSPS) is 10.7. The van der Waals surface area contributed by atoms with E-state index in [1.807, 2.05) is 29.0 Å². The van der Waals surface area contributed by atoms with Crippen LogP contribution in [0.15, 0.2) is 73.3 Å². The van der Waals surface area contributed by atoms with Gasteiger partial charge in [-0.05, 0) is 35.4 Å². The molecule has 2 amide bonds. The second-order valence-corrected chi connectivity index (χ2v) is 5.79. The number of imidazole rings is 1. The van der Waals surface area contributed by atoms with Gasteiger partial charge >= 0.3 is 0 Å². The molecule has 0 radical (unpaired) electrons. The van der Waals surface area contributed by atoms with Crippen molar-refractivity contribution in [2.75, 3.05) is 5.32 Å². The Bertz CT molecular complexity index is 965. The molecule has 0 saturated carbocycles. The number of nitrogens with one attached hydrogen (secondary N) is 2. The molecule has 3 N–H and O–H groups in total. The Morgan fingerprint density at radius 1 is 1.15 bits per heavy atom. The van der Waals surface area contributed by atoms with Gasteiger partial charge in [-0.25, -0.2) is 10.5 Å². The maximum Gasteiger partial charge on any atom is 0.267 e. The molecule has 0 atom stereocenters. The third-order valence-corrected chi connectivity index (χ3v) is 3.85. The van der Waals surface area contributed by atoms with Gasteiger partial charge in [-0.3, -0.25) is 14.8 Å². The fourth-order valence-electron chi connectivity index (χ4n) is 2.56. The molecular formula is C20H18N4O3. The maximum atomic E-state index is 12.6. The molecule has 27 heavy (non-hydrogen) atoms. The number of aromatic nitrogens is 2. The molecule has 1 aromatic heterocycles. The molecule has 7 nitrogen and oxygen atoms in total. The van der Waals surface area contributed by atoms with Gasteiger partial charge in [-0.2, -0.15) is 0 Å². The highest BCUT2D eigenvalue weighted by Gasteiger charge is 2.09. The van der Waals surface area contributed by atoms with E-state index in [2.05, 4.69) is 10.3 Å². The minimum absolute atomic E-state index is 0.255. The molecule has 0 bridgehead atoms. The Kier molecular flexibility index (Phi) is 5.76. The van der Waals surface area contributed by atoms with Crippen LogP contribution in [0.2, 0.25) is 0 Å². The molecule has 0 aliphatic carbocycles. The van der Waals surface area contributed by atoms with Crippen molar-refractivity contribution < 1.29 is 14.8 Å². The van der Waals surface area contributed by atoms with Gasteiger partial charge in [0.1, 0.15) is 0 Å². The zero-order chi connectivity index (χ0) is 19.1. The summed E-state index contributed by atoms with van der Waals surface area (Å²) in [6, 6.07) is 14.4. The molecule has 1 heterocycles. The highest BCUT2D eigenvalue weighted by molar-refractivity contribution is 6.05. The molecule has 0 unspecified atom stereocenters. The molecule has 0 aliphatic heterocycles. The zero-order valence-corrected chi connectivity index (χ0v) is 14.4. The topological polar surface area (TPSA) is 96.2 Å². The SMILES string of the molecule is O=C(C=Cc1ccccc1NC(=O)c1cccc(Cn2ccnc2)c1)NO. The number of hydrogen-bond acceptors (Lipinski definition) is 4. The second-order valence-electron chi connectivity index (χ2n) is 5.79. The molecule has 0 saturated heterocycles. The van der Waals surface area contributed by atoms with Gasteiger partial charge in [0.15, 0.2) is 0 Å². The molecule has 0 aliphatic rings. The number of hydroxylamine groups is 1. The number of para-hydroxylation sites is 1. The van der Waals surface area contributed by atoms with E-state index in [1.54, 1.807) is 42.9 Å². The van der Waals surface area contributed by atoms with E-state index >= 15 is 0 Å². The highest BCUT2D eigenvalue weighted by Crippen LogP contribution is 2.18. The summed E-state index contributed by atoms with van der Waals surface area (Å²) in [7, 11) is 0. The van der Waals surface area contributed by atoms with Crippen molar-refractivity contribution in [3.05, 3.63) is 90.0 Å². The summed E-state index contributed by atoms with van der Waals surface area (Å²) in [6.07, 6.45) is 7.97. The van der Waals surface area contributed by atoms with Gasteiger partial charge in [-0.15, -0.1) is 0 Å². The number of rotatable bonds is 6. The number of benzene rings is 2. The Morgan fingerprint density at radius 3 is 2.78 bits per heavy atom. The van der Waals surface area contributed by atoms with E-state index in [0.29, 0.717) is 23.4 Å². The van der Waals surface area contributed by atoms with E-state index in [0.717, 1.165) is 5.56 Å². The van der Waals surface area contributed by atoms with Crippen molar-refractivity contribution in [1.29, 1.82) is 0 Å². The Labute approximate surface area is 155 Å². The minimum atomic E-state index is -0.650. The summed E-state index contributed by atoms with van der Waals surface area (Å²) in [5.41, 5.74) is 4.24. The van der Waals surface area contributed by atoms with Gasteiger partial charge in [0.05, 0.1) is 6.33 Å². The standard InChI is InChI=1S/C20H18N4O3/c25-19(23-27)9-8-16-5-1-2-7-18(16)22-20(26)17-6-3-4-15(12-17)13-24-11-10-21-14-24/h1-12,14,27H,13H2,(H,22,26)(H,23,25). The molecule has 2 aromatic carbocycles. The van der Waals surface area contributed by atoms with Crippen LogP contribution in [0.25, 0.3) is 6.08 Å². The summed E-state index contributed by atoms with van der Waals surface area (Å²) in [6.45, 7) is 0.622. The Morgan fingerprint density at radius 2 is 2.00 bits per heavy atom. The van der Waals surface area contributed by atoms with Gasteiger partial charge < -0.3 is 9.88 Å². The predicted molar refractivity (Wildman–Crippen MR) is 101 cm³/mol. The average Bonchev–Trinajstić information content (AvgIpc) is 3.20. The van der Waals surface area contributed by atoms with Crippen LogP contribution in [-0.2, 0) is 11.3 Å². The number of nitrogens with zero attached hydrogens (tertiary/aromatic N) is 2. The van der Waals surface area contributed by atoms with Crippen LogP contribution in [-0.4, -0.2) is 26.6 Å². The fraction of sp³-hybridized carbons (Fsp3) is 0.0500. The predicted octanol–water partition coefficient (Wildman–Crippen LogP) is 2.70. The first kappa shape index (κ1) is 18.1. The number of amides is 2. The average molecular weight is 362 g/mol. The summed E-state index contributed by atoms with van der Waals surface area (Å²) < 4.78 is 1.92. The van der Waals surface area contributed by atoms with Crippen LogP contribution >= 0.6 is 0 Å². The summed E-state index contributed by atoms with van der Waals surface area (Å²) in [5, 5.41) is 11.4. The molecule has 136 valence electrons. The van der Waals surface area contributed by atoms with Crippen LogP contribution in [0.3, 0.4) is 0 Å². The van der Waals surface area contributed by atoms with E-state index in [9.17, 15) is 9.59 Å². The lowest BCUT2D eigenvalue weighted by Gasteiger charge is -2.10. The van der Waals surface area contributed by atoms with Crippen LogP contribution < -0.4 is 10.8 Å². The number of carbonyl (C=O) groups is 2. The molecule has 3 aromatic rings. The Balaban J connectivity index is 1.76. The highest BCUT2D eigenvalue weighted by atomic mass is 16.5. The van der Waals surface area contributed by atoms with Crippen molar-refractivity contribution in [2.45, 2.75) is 6.54 Å². The van der Waals surface area contributed by atoms with Crippen LogP contribution in [0, 0.1) is 0 Å². The number of hydrogen-bond donors (Lipinski definition) is 3. The van der Waals surface area contributed by atoms with Crippen molar-refractivity contribution >= 4 is 23.6 Å². The van der Waals surface area contributed by atoms with E-state index in [4.69, 9.17) is 5.21 Å². The molecule has 0 spiro atoms. The maximum absolute atomic E-state index is 12.6. The lowest BCUT2D eigenvalue weighted by atomic mass is 10.1. The van der Waals surface area contributed by atoms with Crippen molar-refractivity contribution in [3.63, 3.8) is 0 Å². The van der Waals surface area contributed by atoms with Gasteiger partial charge in [-0.1, -0.05) is 30.3 Å². The van der Waals surface area contributed by atoms with Gasteiger partial charge in [0.2, 0.25) is 0 Å². The quantitative estimate of drug-likeness (QED) is 0.357. The minimum Gasteiger partial charge on any atom is -0.333 e. The first-order valence-corrected chi connectivity index (χ1v) is 8.23. The fourth-order valence-corrected chi connectivity index (χ4v) is 2.56. The summed E-state index contributed by atoms with van der Waals surface area (Å²) in [4.78, 5) is 27.8. The molecule has 7 heteroatoms. The molecule has 0 fully saturated rings. The first-order valence-electron chi connectivity index (χ1n) is 8.23. The number of anilines is 1. The van der Waals surface area contributed by atoms with Gasteiger partial charge in [0, 0.05) is 36.3 Å². The molecular weight excluding hydrogens is 344 g/mol. The van der Waals surface area contributed by atoms with Crippen molar-refractivity contribution in [1.82, 2.24) is 15.0 Å². The van der Waals surface area contributed by atoms with E-state index < -0.39 is 5.91 Å². The lowest BCUT2D eigenvalue weighted by Crippen LogP contribution is -2.15. The van der Waals surface area contributed by atoms with Crippen LogP contribution in [0.1, 0.15) is 21.5 Å². The number of carbonyl (C=O) groups excluding carboxylic acids is 2. The largest absolute Gasteiger partial charge is 0.333 e. The summed E-state index contributed by atoms with van der Waals surface area (Å²) >= 11 is 0. The van der Waals surface area contributed by atoms with E-state index in [1.165, 1.54) is 17.6 Å². The lowest BCUT2D eigenvalue weighted by molar-refractivity contribution is -0.124. The third-order valence-electron chi connectivity index (χ3n) is 3.85. The first-order chi connectivity index (χ1) is 13.2. The second kappa shape index (κ2) is 8.59.